The fourth-order valence-corrected chi connectivity index (χ4v) is 1.74. The van der Waals surface area contributed by atoms with Gasteiger partial charge in [-0.1, -0.05) is 32.1 Å². The molecule has 1 heterocycles. The van der Waals surface area contributed by atoms with E-state index in [-0.39, 0.29) is 5.41 Å². The molecule has 2 N–H and O–H groups in total. The molecule has 100 valence electrons. The number of pyridine rings is 1. The highest BCUT2D eigenvalue weighted by atomic mass is 32.1. The van der Waals surface area contributed by atoms with Crippen molar-refractivity contribution >= 4 is 17.2 Å². The van der Waals surface area contributed by atoms with E-state index in [9.17, 15) is 0 Å². The average Bonchev–Trinajstić information content (AvgIpc) is 2.26. The van der Waals surface area contributed by atoms with Crippen LogP contribution in [-0.4, -0.2) is 28.5 Å². The average molecular weight is 265 g/mol. The molecule has 0 aliphatic rings. The highest BCUT2D eigenvalue weighted by Crippen LogP contribution is 2.21. The van der Waals surface area contributed by atoms with Crippen LogP contribution >= 0.6 is 12.2 Å². The van der Waals surface area contributed by atoms with Crippen molar-refractivity contribution < 1.29 is 0 Å². The molecule has 0 saturated heterocycles. The van der Waals surface area contributed by atoms with E-state index in [0.717, 1.165) is 30.9 Å². The summed E-state index contributed by atoms with van der Waals surface area (Å²) in [6, 6.07) is 6.12. The molecule has 0 aromatic carbocycles. The van der Waals surface area contributed by atoms with Crippen molar-refractivity contribution in [3.8, 4) is 0 Å². The maximum Gasteiger partial charge on any atom is 0.0784 e. The first-order chi connectivity index (χ1) is 8.31. The summed E-state index contributed by atoms with van der Waals surface area (Å²) < 4.78 is 0. The molecule has 0 atom stereocenters. The number of aryl methyl sites for hydroxylation is 1. The van der Waals surface area contributed by atoms with Crippen molar-refractivity contribution in [1.29, 1.82) is 0 Å². The van der Waals surface area contributed by atoms with Gasteiger partial charge in [-0.3, -0.25) is 4.98 Å². The quantitative estimate of drug-likeness (QED) is 0.803. The first kappa shape index (κ1) is 15.1. The lowest BCUT2D eigenvalue weighted by atomic mass is 9.89. The molecule has 0 spiro atoms. The van der Waals surface area contributed by atoms with Gasteiger partial charge >= 0.3 is 0 Å². The summed E-state index contributed by atoms with van der Waals surface area (Å²) in [5, 5.41) is 0. The van der Waals surface area contributed by atoms with E-state index >= 15 is 0 Å². The Bertz CT molecular complexity index is 415. The Morgan fingerprint density at radius 3 is 2.67 bits per heavy atom. The van der Waals surface area contributed by atoms with E-state index in [1.165, 1.54) is 0 Å². The maximum absolute atomic E-state index is 5.73. The topological polar surface area (TPSA) is 42.1 Å². The van der Waals surface area contributed by atoms with Gasteiger partial charge in [-0.2, -0.15) is 0 Å². The van der Waals surface area contributed by atoms with Gasteiger partial charge in [0.2, 0.25) is 0 Å². The maximum atomic E-state index is 5.73. The van der Waals surface area contributed by atoms with Gasteiger partial charge in [-0.05, 0) is 39.1 Å². The summed E-state index contributed by atoms with van der Waals surface area (Å²) in [5.41, 5.74) is 7.81. The third-order valence-corrected chi connectivity index (χ3v) is 3.72. The van der Waals surface area contributed by atoms with Crippen LogP contribution in [0.25, 0.3) is 0 Å². The first-order valence-corrected chi connectivity index (χ1v) is 6.63. The lowest BCUT2D eigenvalue weighted by molar-refractivity contribution is 0.283. The van der Waals surface area contributed by atoms with Crippen LogP contribution in [0.4, 0.5) is 0 Å². The van der Waals surface area contributed by atoms with Crippen molar-refractivity contribution in [2.75, 3.05) is 13.6 Å². The molecule has 0 bridgehead atoms. The van der Waals surface area contributed by atoms with Gasteiger partial charge in [-0.15, -0.1) is 0 Å². The van der Waals surface area contributed by atoms with E-state index in [1.807, 2.05) is 19.1 Å². The third kappa shape index (κ3) is 4.70. The monoisotopic (exact) mass is 265 g/mol. The minimum Gasteiger partial charge on any atom is -0.393 e. The number of nitrogens with zero attached hydrogens (tertiary/aromatic N) is 2. The Hall–Kier alpha value is -1.00. The van der Waals surface area contributed by atoms with Crippen molar-refractivity contribution in [2.24, 2.45) is 11.1 Å². The smallest absolute Gasteiger partial charge is 0.0784 e. The second kappa shape index (κ2) is 6.25. The molecule has 18 heavy (non-hydrogen) atoms. The van der Waals surface area contributed by atoms with E-state index in [2.05, 4.69) is 36.8 Å². The molecule has 0 radical (unpaired) electrons. The van der Waals surface area contributed by atoms with Crippen molar-refractivity contribution in [3.63, 3.8) is 0 Å². The molecule has 4 heteroatoms. The second-order valence-electron chi connectivity index (χ2n) is 5.51. The highest BCUT2D eigenvalue weighted by molar-refractivity contribution is 7.80. The van der Waals surface area contributed by atoms with Crippen molar-refractivity contribution in [3.05, 3.63) is 29.6 Å². The van der Waals surface area contributed by atoms with Gasteiger partial charge in [0.1, 0.15) is 0 Å². The Balaban J connectivity index is 2.47. The molecule has 1 aromatic rings. The number of thiocarbonyl (C=S) groups is 1. The fraction of sp³-hybridized carbons (Fsp3) is 0.571. The lowest BCUT2D eigenvalue weighted by Crippen LogP contribution is -2.33. The summed E-state index contributed by atoms with van der Waals surface area (Å²) in [6.45, 7) is 8.01. The molecule has 1 rings (SSSR count). The predicted octanol–water partition coefficient (Wildman–Crippen LogP) is 2.52. The normalized spacial score (nSPS) is 11.8. The van der Waals surface area contributed by atoms with Crippen molar-refractivity contribution in [1.82, 2.24) is 9.88 Å². The molecular formula is C14H23N3S. The second-order valence-corrected chi connectivity index (χ2v) is 5.95. The largest absolute Gasteiger partial charge is 0.393 e. The molecule has 0 aliphatic carbocycles. The van der Waals surface area contributed by atoms with Gasteiger partial charge < -0.3 is 10.6 Å². The lowest BCUT2D eigenvalue weighted by Gasteiger charge is -2.26. The minimum atomic E-state index is -0.0797. The van der Waals surface area contributed by atoms with E-state index in [4.69, 9.17) is 18.0 Å². The molecule has 0 unspecified atom stereocenters. The van der Waals surface area contributed by atoms with E-state index in [1.54, 1.807) is 0 Å². The Labute approximate surface area is 115 Å². The fourth-order valence-electron chi connectivity index (χ4n) is 1.64. The molecule has 0 aliphatic heterocycles. The predicted molar refractivity (Wildman–Crippen MR) is 80.5 cm³/mol. The first-order valence-electron chi connectivity index (χ1n) is 6.22. The zero-order valence-electron chi connectivity index (χ0n) is 11.7. The van der Waals surface area contributed by atoms with Crippen LogP contribution in [0.2, 0.25) is 0 Å². The summed E-state index contributed by atoms with van der Waals surface area (Å²) in [7, 11) is 2.10. The zero-order valence-corrected chi connectivity index (χ0v) is 12.5. The molecule has 0 fully saturated rings. The van der Waals surface area contributed by atoms with Crippen LogP contribution in [-0.2, 0) is 6.54 Å². The standard InChI is InChI=1S/C14H23N3S/c1-11-6-5-7-12(16-11)10-17(4)9-8-14(2,3)13(15)18/h5-7H,8-10H2,1-4H3,(H2,15,18). The minimum absolute atomic E-state index is 0.0797. The summed E-state index contributed by atoms with van der Waals surface area (Å²) >= 11 is 5.08. The van der Waals surface area contributed by atoms with Crippen LogP contribution in [0, 0.1) is 12.3 Å². The third-order valence-electron chi connectivity index (χ3n) is 3.16. The number of hydrogen-bond acceptors (Lipinski definition) is 3. The number of rotatable bonds is 6. The van der Waals surface area contributed by atoms with Crippen LogP contribution in [0.1, 0.15) is 31.7 Å². The van der Waals surface area contributed by atoms with Gasteiger partial charge in [0.25, 0.3) is 0 Å². The highest BCUT2D eigenvalue weighted by Gasteiger charge is 2.21. The van der Waals surface area contributed by atoms with Gasteiger partial charge in [0.15, 0.2) is 0 Å². The molecular weight excluding hydrogens is 242 g/mol. The van der Waals surface area contributed by atoms with Gasteiger partial charge in [0.05, 0.1) is 10.7 Å². The molecule has 1 aromatic heterocycles. The molecule has 0 amide bonds. The van der Waals surface area contributed by atoms with Crippen LogP contribution < -0.4 is 5.73 Å². The van der Waals surface area contributed by atoms with E-state index < -0.39 is 0 Å². The number of hydrogen-bond donors (Lipinski definition) is 1. The summed E-state index contributed by atoms with van der Waals surface area (Å²) in [6.07, 6.45) is 0.963. The van der Waals surface area contributed by atoms with Crippen LogP contribution in [0.15, 0.2) is 18.2 Å². The van der Waals surface area contributed by atoms with Gasteiger partial charge in [0, 0.05) is 17.7 Å². The van der Waals surface area contributed by atoms with Gasteiger partial charge in [-0.25, -0.2) is 0 Å². The Morgan fingerprint density at radius 1 is 1.44 bits per heavy atom. The Kier molecular flexibility index (Phi) is 5.23. The molecule has 0 saturated carbocycles. The van der Waals surface area contributed by atoms with E-state index in [0.29, 0.717) is 4.99 Å². The van der Waals surface area contributed by atoms with Crippen LogP contribution in [0.5, 0.6) is 0 Å². The number of nitrogens with two attached hydrogens (primary N) is 1. The summed E-state index contributed by atoms with van der Waals surface area (Å²) in [5.74, 6) is 0. The zero-order chi connectivity index (χ0) is 13.8. The van der Waals surface area contributed by atoms with Crippen molar-refractivity contribution in [2.45, 2.75) is 33.7 Å². The van der Waals surface area contributed by atoms with Crippen LogP contribution in [0.3, 0.4) is 0 Å². The molecule has 3 nitrogen and oxygen atoms in total. The Morgan fingerprint density at radius 2 is 2.11 bits per heavy atom. The number of aromatic nitrogens is 1. The summed E-state index contributed by atoms with van der Waals surface area (Å²) in [4.78, 5) is 7.34. The SMILES string of the molecule is Cc1cccc(CN(C)CCC(C)(C)C(N)=S)n1.